The minimum atomic E-state index is -4.15. The number of carbonyl (C=O) groups is 2. The van der Waals surface area contributed by atoms with Gasteiger partial charge in [-0.3, -0.25) is 13.9 Å². The van der Waals surface area contributed by atoms with E-state index in [2.05, 4.69) is 5.32 Å². The molecule has 0 unspecified atom stereocenters. The van der Waals surface area contributed by atoms with Crippen molar-refractivity contribution in [2.75, 3.05) is 10.8 Å². The molecular formula is C31H38ClN3O4S. The summed E-state index contributed by atoms with van der Waals surface area (Å²) in [6.07, 6.45) is 0.355. The van der Waals surface area contributed by atoms with E-state index in [4.69, 9.17) is 11.6 Å². The summed E-state index contributed by atoms with van der Waals surface area (Å²) in [6, 6.07) is 19.6. The third-order valence-electron chi connectivity index (χ3n) is 6.49. The SMILES string of the molecule is CC[C@@H](C(=O)NC(C)(C)C)N(Cc1ccccc1C)C(=O)CN(c1ccc(C)cc1)S(=O)(=O)c1ccc(Cl)cc1. The van der Waals surface area contributed by atoms with Crippen molar-refractivity contribution in [3.05, 3.63) is 94.5 Å². The number of benzene rings is 3. The Morgan fingerprint density at radius 2 is 1.52 bits per heavy atom. The Labute approximate surface area is 243 Å². The molecule has 0 spiro atoms. The average Bonchev–Trinajstić information content (AvgIpc) is 2.88. The second-order valence-corrected chi connectivity index (χ2v) is 13.2. The molecule has 0 aliphatic rings. The van der Waals surface area contributed by atoms with Crippen LogP contribution >= 0.6 is 11.6 Å². The minimum absolute atomic E-state index is 0.00764. The quantitative estimate of drug-likeness (QED) is 0.323. The van der Waals surface area contributed by atoms with Gasteiger partial charge in [-0.1, -0.05) is 60.5 Å². The summed E-state index contributed by atoms with van der Waals surface area (Å²) in [5.41, 5.74) is 2.63. The molecule has 0 aromatic heterocycles. The fraction of sp³-hybridized carbons (Fsp3) is 0.355. The van der Waals surface area contributed by atoms with E-state index in [1.165, 1.54) is 29.2 Å². The second kappa shape index (κ2) is 12.9. The smallest absolute Gasteiger partial charge is 0.264 e. The van der Waals surface area contributed by atoms with Crippen LogP contribution in [0.4, 0.5) is 5.69 Å². The normalized spacial score (nSPS) is 12.5. The molecule has 0 saturated carbocycles. The minimum Gasteiger partial charge on any atom is -0.350 e. The summed E-state index contributed by atoms with van der Waals surface area (Å²) in [6.45, 7) is 11.0. The zero-order chi connectivity index (χ0) is 29.7. The van der Waals surface area contributed by atoms with E-state index in [9.17, 15) is 18.0 Å². The van der Waals surface area contributed by atoms with Crippen LogP contribution in [0.2, 0.25) is 5.02 Å². The number of hydrogen-bond donors (Lipinski definition) is 1. The Morgan fingerprint density at radius 3 is 2.08 bits per heavy atom. The molecule has 0 fully saturated rings. The van der Waals surface area contributed by atoms with Gasteiger partial charge in [0.1, 0.15) is 12.6 Å². The Kier molecular flexibility index (Phi) is 10.0. The number of rotatable bonds is 10. The van der Waals surface area contributed by atoms with E-state index in [0.717, 1.165) is 21.0 Å². The monoisotopic (exact) mass is 583 g/mol. The van der Waals surface area contributed by atoms with Gasteiger partial charge < -0.3 is 10.2 Å². The van der Waals surface area contributed by atoms with Gasteiger partial charge in [0.2, 0.25) is 11.8 Å². The molecule has 214 valence electrons. The van der Waals surface area contributed by atoms with Crippen LogP contribution in [0.25, 0.3) is 0 Å². The summed E-state index contributed by atoms with van der Waals surface area (Å²) < 4.78 is 28.9. The van der Waals surface area contributed by atoms with Gasteiger partial charge in [-0.05, 0) is 88.6 Å². The standard InChI is InChI=1S/C31H38ClN3O4S/c1-7-28(30(37)33-31(4,5)6)34(20-24-11-9-8-10-23(24)3)29(36)21-35(26-16-12-22(2)13-17-26)40(38,39)27-18-14-25(32)15-19-27/h8-19,28H,7,20-21H2,1-6H3,(H,33,37)/t28-/m0/s1. The van der Waals surface area contributed by atoms with Crippen molar-refractivity contribution in [1.82, 2.24) is 10.2 Å². The van der Waals surface area contributed by atoms with Gasteiger partial charge in [-0.25, -0.2) is 8.42 Å². The lowest BCUT2D eigenvalue weighted by Crippen LogP contribution is -2.55. The molecule has 7 nitrogen and oxygen atoms in total. The van der Waals surface area contributed by atoms with Crippen molar-refractivity contribution in [3.8, 4) is 0 Å². The molecule has 1 N–H and O–H groups in total. The molecule has 0 aliphatic heterocycles. The van der Waals surface area contributed by atoms with Crippen LogP contribution in [0.3, 0.4) is 0 Å². The number of hydrogen-bond acceptors (Lipinski definition) is 4. The van der Waals surface area contributed by atoms with Crippen molar-refractivity contribution in [3.63, 3.8) is 0 Å². The lowest BCUT2D eigenvalue weighted by molar-refractivity contribution is -0.141. The van der Waals surface area contributed by atoms with Crippen LogP contribution in [0.5, 0.6) is 0 Å². The number of sulfonamides is 1. The molecule has 1 atom stereocenters. The van der Waals surface area contributed by atoms with Gasteiger partial charge in [0.15, 0.2) is 0 Å². The fourth-order valence-corrected chi connectivity index (χ4v) is 5.86. The molecule has 3 rings (SSSR count). The van der Waals surface area contributed by atoms with Gasteiger partial charge in [-0.15, -0.1) is 0 Å². The molecule has 2 amide bonds. The molecule has 40 heavy (non-hydrogen) atoms. The summed E-state index contributed by atoms with van der Waals surface area (Å²) in [4.78, 5) is 29.0. The van der Waals surface area contributed by atoms with Gasteiger partial charge in [0.05, 0.1) is 10.6 Å². The highest BCUT2D eigenvalue weighted by molar-refractivity contribution is 7.92. The highest BCUT2D eigenvalue weighted by Gasteiger charge is 2.34. The molecule has 9 heteroatoms. The summed E-state index contributed by atoms with van der Waals surface area (Å²) in [5.74, 6) is -0.781. The Balaban J connectivity index is 2.08. The van der Waals surface area contributed by atoms with Crippen LogP contribution in [-0.2, 0) is 26.2 Å². The van der Waals surface area contributed by atoms with Crippen molar-refractivity contribution in [2.24, 2.45) is 0 Å². The topological polar surface area (TPSA) is 86.8 Å². The van der Waals surface area contributed by atoms with E-state index in [1.54, 1.807) is 24.3 Å². The van der Waals surface area contributed by atoms with Gasteiger partial charge in [-0.2, -0.15) is 0 Å². The van der Waals surface area contributed by atoms with E-state index in [1.807, 2.05) is 65.8 Å². The van der Waals surface area contributed by atoms with Crippen molar-refractivity contribution >= 4 is 39.1 Å². The second-order valence-electron chi connectivity index (χ2n) is 10.9. The summed E-state index contributed by atoms with van der Waals surface area (Å²) >= 11 is 6.01. The lowest BCUT2D eigenvalue weighted by atomic mass is 10.0. The van der Waals surface area contributed by atoms with E-state index in [-0.39, 0.29) is 17.3 Å². The van der Waals surface area contributed by atoms with Crippen LogP contribution in [0.1, 0.15) is 50.8 Å². The van der Waals surface area contributed by atoms with Crippen molar-refractivity contribution in [1.29, 1.82) is 0 Å². The van der Waals surface area contributed by atoms with E-state index >= 15 is 0 Å². The number of halogens is 1. The van der Waals surface area contributed by atoms with Crippen molar-refractivity contribution < 1.29 is 18.0 Å². The maximum Gasteiger partial charge on any atom is 0.264 e. The number of aryl methyl sites for hydroxylation is 2. The average molecular weight is 584 g/mol. The third-order valence-corrected chi connectivity index (χ3v) is 8.53. The first-order valence-electron chi connectivity index (χ1n) is 13.2. The molecule has 0 heterocycles. The molecule has 0 saturated heterocycles. The number of carbonyl (C=O) groups excluding carboxylic acids is 2. The Hall–Kier alpha value is -3.36. The molecule has 0 aliphatic carbocycles. The summed E-state index contributed by atoms with van der Waals surface area (Å²) in [5, 5.41) is 3.38. The van der Waals surface area contributed by atoms with E-state index < -0.39 is 34.1 Å². The number of nitrogens with zero attached hydrogens (tertiary/aromatic N) is 2. The third kappa shape index (κ3) is 7.86. The zero-order valence-corrected chi connectivity index (χ0v) is 25.5. The molecule has 3 aromatic rings. The first-order chi connectivity index (χ1) is 18.7. The molecule has 0 radical (unpaired) electrons. The number of anilines is 1. The molecular weight excluding hydrogens is 546 g/mol. The number of nitrogens with one attached hydrogen (secondary N) is 1. The maximum atomic E-state index is 14.1. The first-order valence-corrected chi connectivity index (χ1v) is 15.1. The van der Waals surface area contributed by atoms with E-state index in [0.29, 0.717) is 17.1 Å². The maximum absolute atomic E-state index is 14.1. The number of amides is 2. The molecule has 0 bridgehead atoms. The summed E-state index contributed by atoms with van der Waals surface area (Å²) in [7, 11) is -4.15. The van der Waals surface area contributed by atoms with Gasteiger partial charge >= 0.3 is 0 Å². The Bertz CT molecular complexity index is 1430. The largest absolute Gasteiger partial charge is 0.350 e. The van der Waals surface area contributed by atoms with Crippen LogP contribution < -0.4 is 9.62 Å². The Morgan fingerprint density at radius 1 is 0.925 bits per heavy atom. The van der Waals surface area contributed by atoms with Crippen LogP contribution in [0, 0.1) is 13.8 Å². The zero-order valence-electron chi connectivity index (χ0n) is 23.9. The predicted molar refractivity (Wildman–Crippen MR) is 161 cm³/mol. The first kappa shape index (κ1) is 31.2. The highest BCUT2D eigenvalue weighted by atomic mass is 35.5. The fourth-order valence-electron chi connectivity index (χ4n) is 4.32. The van der Waals surface area contributed by atoms with Crippen LogP contribution in [-0.4, -0.2) is 43.3 Å². The predicted octanol–water partition coefficient (Wildman–Crippen LogP) is 5.87. The van der Waals surface area contributed by atoms with Crippen molar-refractivity contribution in [2.45, 2.75) is 71.0 Å². The lowest BCUT2D eigenvalue weighted by Gasteiger charge is -2.35. The van der Waals surface area contributed by atoms with Gasteiger partial charge in [0, 0.05) is 17.1 Å². The highest BCUT2D eigenvalue weighted by Crippen LogP contribution is 2.26. The van der Waals surface area contributed by atoms with Gasteiger partial charge in [0.25, 0.3) is 10.0 Å². The molecule has 3 aromatic carbocycles. The van der Waals surface area contributed by atoms with Crippen LogP contribution in [0.15, 0.2) is 77.7 Å².